The largest absolute Gasteiger partial charge is 0.378 e. The lowest BCUT2D eigenvalue weighted by atomic mass is 10.1. The molecule has 1 aliphatic heterocycles. The predicted molar refractivity (Wildman–Crippen MR) is 76.5 cm³/mol. The molecule has 1 N–H and O–H groups in total. The maximum absolute atomic E-state index is 6.33. The lowest BCUT2D eigenvalue weighted by Gasteiger charge is -2.31. The summed E-state index contributed by atoms with van der Waals surface area (Å²) < 4.78 is 5.40. The number of hydrogen-bond acceptors (Lipinski definition) is 3. The minimum Gasteiger partial charge on any atom is -0.378 e. The first-order valence-electron chi connectivity index (χ1n) is 6.52. The minimum absolute atomic E-state index is 0.457. The first-order valence-corrected chi connectivity index (χ1v) is 6.89. The number of ether oxygens (including phenoxy) is 1. The van der Waals surface area contributed by atoms with Gasteiger partial charge in [0.15, 0.2) is 0 Å². The highest BCUT2D eigenvalue weighted by Crippen LogP contribution is 2.28. The first kappa shape index (κ1) is 13.7. The van der Waals surface area contributed by atoms with Crippen molar-refractivity contribution in [1.82, 2.24) is 5.32 Å². The van der Waals surface area contributed by atoms with E-state index in [0.717, 1.165) is 37.9 Å². The molecule has 0 bridgehead atoms. The van der Waals surface area contributed by atoms with Gasteiger partial charge < -0.3 is 15.0 Å². The summed E-state index contributed by atoms with van der Waals surface area (Å²) in [7, 11) is 0. The lowest BCUT2D eigenvalue weighted by molar-refractivity contribution is 0.122. The molecule has 18 heavy (non-hydrogen) atoms. The number of halogens is 1. The Morgan fingerprint density at radius 3 is 2.72 bits per heavy atom. The van der Waals surface area contributed by atoms with Crippen LogP contribution in [0.2, 0.25) is 5.02 Å². The van der Waals surface area contributed by atoms with Crippen molar-refractivity contribution >= 4 is 17.3 Å². The minimum atomic E-state index is 0.457. The second-order valence-electron chi connectivity index (χ2n) is 4.87. The van der Waals surface area contributed by atoms with Gasteiger partial charge in [0.2, 0.25) is 0 Å². The van der Waals surface area contributed by atoms with Crippen molar-refractivity contribution in [3.05, 3.63) is 28.8 Å². The monoisotopic (exact) mass is 268 g/mol. The van der Waals surface area contributed by atoms with Crippen LogP contribution in [-0.2, 0) is 11.3 Å². The zero-order chi connectivity index (χ0) is 13.0. The Morgan fingerprint density at radius 2 is 2.06 bits per heavy atom. The van der Waals surface area contributed by atoms with Crippen LogP contribution in [0.4, 0.5) is 5.69 Å². The van der Waals surface area contributed by atoms with Gasteiger partial charge in [-0.1, -0.05) is 31.5 Å². The van der Waals surface area contributed by atoms with Crippen molar-refractivity contribution in [3.8, 4) is 0 Å². The maximum atomic E-state index is 6.33. The summed E-state index contributed by atoms with van der Waals surface area (Å²) in [5.41, 5.74) is 2.42. The molecule has 1 aromatic rings. The molecule has 0 spiro atoms. The molecule has 0 unspecified atom stereocenters. The molecule has 4 heteroatoms. The summed E-state index contributed by atoms with van der Waals surface area (Å²) in [4.78, 5) is 2.35. The summed E-state index contributed by atoms with van der Waals surface area (Å²) in [6, 6.07) is 6.59. The van der Waals surface area contributed by atoms with Gasteiger partial charge in [-0.2, -0.15) is 0 Å². The fourth-order valence-corrected chi connectivity index (χ4v) is 2.37. The molecule has 0 saturated carbocycles. The fraction of sp³-hybridized carbons (Fsp3) is 0.571. The van der Waals surface area contributed by atoms with E-state index >= 15 is 0 Å². The molecule has 2 rings (SSSR count). The second kappa shape index (κ2) is 6.41. The van der Waals surface area contributed by atoms with Gasteiger partial charge >= 0.3 is 0 Å². The first-order chi connectivity index (χ1) is 8.68. The molecule has 3 nitrogen and oxygen atoms in total. The van der Waals surface area contributed by atoms with Gasteiger partial charge in [0.25, 0.3) is 0 Å². The summed E-state index contributed by atoms with van der Waals surface area (Å²) in [6.45, 7) is 8.57. The highest BCUT2D eigenvalue weighted by molar-refractivity contribution is 6.31. The molecule has 0 aromatic heterocycles. The third-order valence-electron chi connectivity index (χ3n) is 3.13. The Hall–Kier alpha value is -0.770. The van der Waals surface area contributed by atoms with Gasteiger partial charge in [-0.25, -0.2) is 0 Å². The third kappa shape index (κ3) is 3.37. The van der Waals surface area contributed by atoms with Crippen LogP contribution in [0.5, 0.6) is 0 Å². The number of anilines is 1. The Kier molecular flexibility index (Phi) is 4.87. The molecule has 1 heterocycles. The zero-order valence-electron chi connectivity index (χ0n) is 11.1. The van der Waals surface area contributed by atoms with E-state index in [1.807, 2.05) is 12.1 Å². The van der Waals surface area contributed by atoms with Gasteiger partial charge in [0.1, 0.15) is 0 Å². The van der Waals surface area contributed by atoms with E-state index in [9.17, 15) is 0 Å². The average Bonchev–Trinajstić information content (AvgIpc) is 2.38. The highest BCUT2D eigenvalue weighted by Gasteiger charge is 2.16. The van der Waals surface area contributed by atoms with E-state index in [1.54, 1.807) is 0 Å². The Bertz CT molecular complexity index is 389. The van der Waals surface area contributed by atoms with Gasteiger partial charge in [0.05, 0.1) is 13.2 Å². The molecular weight excluding hydrogens is 248 g/mol. The van der Waals surface area contributed by atoms with Crippen molar-refractivity contribution in [3.63, 3.8) is 0 Å². The number of morpholine rings is 1. The molecule has 1 aliphatic rings. The Labute approximate surface area is 114 Å². The van der Waals surface area contributed by atoms with Crippen molar-refractivity contribution < 1.29 is 4.74 Å². The van der Waals surface area contributed by atoms with Crippen LogP contribution in [0.25, 0.3) is 0 Å². The van der Waals surface area contributed by atoms with Crippen LogP contribution in [0.15, 0.2) is 18.2 Å². The number of benzene rings is 1. The molecule has 0 aliphatic carbocycles. The molecule has 1 fully saturated rings. The molecule has 0 amide bonds. The van der Waals surface area contributed by atoms with E-state index in [2.05, 4.69) is 30.1 Å². The second-order valence-corrected chi connectivity index (χ2v) is 5.28. The lowest BCUT2D eigenvalue weighted by Crippen LogP contribution is -2.37. The zero-order valence-corrected chi connectivity index (χ0v) is 11.8. The van der Waals surface area contributed by atoms with Crippen LogP contribution in [-0.4, -0.2) is 32.3 Å². The predicted octanol–water partition coefficient (Wildman–Crippen LogP) is 2.67. The van der Waals surface area contributed by atoms with Crippen LogP contribution in [0.3, 0.4) is 0 Å². The molecular formula is C14H21ClN2O. The van der Waals surface area contributed by atoms with Crippen molar-refractivity contribution in [1.29, 1.82) is 0 Å². The van der Waals surface area contributed by atoms with E-state index < -0.39 is 0 Å². The van der Waals surface area contributed by atoms with E-state index in [-0.39, 0.29) is 0 Å². The standard InChI is InChI=1S/C14H21ClN2O/c1-11(2)16-10-12-13(15)4-3-5-14(12)17-6-8-18-9-7-17/h3-5,11,16H,6-10H2,1-2H3. The fourth-order valence-electron chi connectivity index (χ4n) is 2.13. The van der Waals surface area contributed by atoms with Gasteiger partial charge in [-0.3, -0.25) is 0 Å². The topological polar surface area (TPSA) is 24.5 Å². The van der Waals surface area contributed by atoms with Crippen LogP contribution in [0, 0.1) is 0 Å². The molecule has 0 radical (unpaired) electrons. The molecule has 0 atom stereocenters. The normalized spacial score (nSPS) is 16.3. The average molecular weight is 269 g/mol. The van der Waals surface area contributed by atoms with Crippen LogP contribution >= 0.6 is 11.6 Å². The maximum Gasteiger partial charge on any atom is 0.0642 e. The van der Waals surface area contributed by atoms with Crippen molar-refractivity contribution in [2.45, 2.75) is 26.4 Å². The van der Waals surface area contributed by atoms with Gasteiger partial charge in [0, 0.05) is 41.9 Å². The number of hydrogen-bond donors (Lipinski definition) is 1. The van der Waals surface area contributed by atoms with Gasteiger partial charge in [-0.05, 0) is 12.1 Å². The van der Waals surface area contributed by atoms with Crippen LogP contribution < -0.4 is 10.2 Å². The highest BCUT2D eigenvalue weighted by atomic mass is 35.5. The molecule has 1 saturated heterocycles. The van der Waals surface area contributed by atoms with E-state index in [1.165, 1.54) is 11.3 Å². The van der Waals surface area contributed by atoms with E-state index in [0.29, 0.717) is 6.04 Å². The molecule has 100 valence electrons. The van der Waals surface area contributed by atoms with Crippen LogP contribution in [0.1, 0.15) is 19.4 Å². The summed E-state index contributed by atoms with van der Waals surface area (Å²) in [5.74, 6) is 0. The van der Waals surface area contributed by atoms with Gasteiger partial charge in [-0.15, -0.1) is 0 Å². The Balaban J connectivity index is 2.19. The van der Waals surface area contributed by atoms with Crippen molar-refractivity contribution in [2.75, 3.05) is 31.2 Å². The summed E-state index contributed by atoms with van der Waals surface area (Å²) in [6.07, 6.45) is 0. The third-order valence-corrected chi connectivity index (χ3v) is 3.49. The summed E-state index contributed by atoms with van der Waals surface area (Å²) >= 11 is 6.33. The smallest absolute Gasteiger partial charge is 0.0642 e. The summed E-state index contributed by atoms with van der Waals surface area (Å²) in [5, 5.41) is 4.28. The SMILES string of the molecule is CC(C)NCc1c(Cl)cccc1N1CCOCC1. The number of nitrogens with zero attached hydrogens (tertiary/aromatic N) is 1. The molecule has 1 aromatic carbocycles. The number of rotatable bonds is 4. The Morgan fingerprint density at radius 1 is 1.33 bits per heavy atom. The quantitative estimate of drug-likeness (QED) is 0.909. The number of nitrogens with one attached hydrogen (secondary N) is 1. The van der Waals surface area contributed by atoms with Crippen molar-refractivity contribution in [2.24, 2.45) is 0 Å². The van der Waals surface area contributed by atoms with E-state index in [4.69, 9.17) is 16.3 Å².